The smallest absolute Gasteiger partial charge is 0.326 e. The molecule has 6 nitrogen and oxygen atoms in total. The molecule has 170 valence electrons. The number of anilines is 1. The Hall–Kier alpha value is -3.61. The first-order valence-corrected chi connectivity index (χ1v) is 11.4. The number of aryl methyl sites for hydroxylation is 1. The normalized spacial score (nSPS) is 16.1. The highest BCUT2D eigenvalue weighted by Crippen LogP contribution is 2.39. The van der Waals surface area contributed by atoms with E-state index in [1.165, 1.54) is 0 Å². The molecule has 0 spiro atoms. The topological polar surface area (TPSA) is 71.3 Å². The molecule has 1 aliphatic heterocycles. The van der Waals surface area contributed by atoms with Crippen molar-refractivity contribution in [2.24, 2.45) is 0 Å². The predicted octanol–water partition coefficient (Wildman–Crippen LogP) is 7.05. The lowest BCUT2D eigenvalue weighted by molar-refractivity contribution is 0.244. The van der Waals surface area contributed by atoms with Gasteiger partial charge in [-0.1, -0.05) is 70.3 Å². The van der Waals surface area contributed by atoms with E-state index in [1.807, 2.05) is 62.4 Å². The minimum atomic E-state index is -0.501. The summed E-state index contributed by atoms with van der Waals surface area (Å²) < 4.78 is 5.72. The summed E-state index contributed by atoms with van der Waals surface area (Å²) in [5.74, 6) is 0.718. The highest BCUT2D eigenvalue weighted by atomic mass is 35.5. The number of nitrogens with one attached hydrogen (secondary N) is 1. The fourth-order valence-electron chi connectivity index (χ4n) is 4.01. The quantitative estimate of drug-likeness (QED) is 0.332. The third-order valence-corrected chi connectivity index (χ3v) is 6.21. The van der Waals surface area contributed by atoms with E-state index in [1.54, 1.807) is 29.2 Å². The van der Waals surface area contributed by atoms with Crippen molar-refractivity contribution in [3.63, 3.8) is 0 Å². The van der Waals surface area contributed by atoms with E-state index < -0.39 is 6.04 Å². The van der Waals surface area contributed by atoms with Gasteiger partial charge in [-0.25, -0.2) is 4.79 Å². The van der Waals surface area contributed by atoms with Crippen LogP contribution in [-0.2, 0) is 0 Å². The second-order valence-corrected chi connectivity index (χ2v) is 8.91. The maximum Gasteiger partial charge on any atom is 0.326 e. The lowest BCUT2D eigenvalue weighted by atomic mass is 9.94. The molecular weight excluding hydrogens is 471 g/mol. The van der Waals surface area contributed by atoms with Crippen LogP contribution in [0.15, 0.2) is 83.0 Å². The van der Waals surface area contributed by atoms with E-state index in [0.29, 0.717) is 33.0 Å². The molecule has 0 bridgehead atoms. The SMILES string of the molecule is CC1=C(c2nc(-c3cccc(Cl)c3)no2)C(c2ccc(Cl)cc2)NC(=O)N1c1ccc(C)cc1. The Bertz CT molecular complexity index is 1400. The van der Waals surface area contributed by atoms with Gasteiger partial charge in [0.1, 0.15) is 0 Å². The zero-order chi connectivity index (χ0) is 23.8. The Balaban J connectivity index is 1.65. The van der Waals surface area contributed by atoms with Gasteiger partial charge in [-0.2, -0.15) is 4.98 Å². The molecule has 1 N–H and O–H groups in total. The van der Waals surface area contributed by atoms with Crippen LogP contribution in [0.25, 0.3) is 17.0 Å². The third kappa shape index (κ3) is 4.18. The Morgan fingerprint density at radius 2 is 1.68 bits per heavy atom. The molecule has 2 heterocycles. The lowest BCUT2D eigenvalue weighted by Crippen LogP contribution is -2.46. The molecule has 0 saturated heterocycles. The summed E-state index contributed by atoms with van der Waals surface area (Å²) in [7, 11) is 0. The van der Waals surface area contributed by atoms with Crippen LogP contribution >= 0.6 is 23.2 Å². The molecule has 1 aromatic heterocycles. The lowest BCUT2D eigenvalue weighted by Gasteiger charge is -2.35. The Labute approximate surface area is 206 Å². The molecule has 0 aliphatic carbocycles. The fourth-order valence-corrected chi connectivity index (χ4v) is 4.32. The highest BCUT2D eigenvalue weighted by Gasteiger charge is 2.36. The number of nitrogens with zero attached hydrogens (tertiary/aromatic N) is 3. The molecular formula is C26H20Cl2N4O2. The van der Waals surface area contributed by atoms with Crippen LogP contribution < -0.4 is 10.2 Å². The molecule has 8 heteroatoms. The van der Waals surface area contributed by atoms with Gasteiger partial charge >= 0.3 is 6.03 Å². The first kappa shape index (κ1) is 22.2. The number of allylic oxidation sites excluding steroid dienone is 1. The Kier molecular flexibility index (Phi) is 5.86. The standard InChI is InChI=1S/C26H20Cl2N4O2/c1-15-6-12-21(13-7-15)32-16(2)22(23(29-26(32)33)17-8-10-19(27)11-9-17)25-30-24(31-34-25)18-4-3-5-20(28)14-18/h3-14,23H,1-2H3,(H,29,33). The number of aromatic nitrogens is 2. The van der Waals surface area contributed by atoms with Crippen LogP contribution in [0.4, 0.5) is 10.5 Å². The number of carbonyl (C=O) groups is 1. The second kappa shape index (κ2) is 8.97. The van der Waals surface area contributed by atoms with E-state index in [0.717, 1.165) is 22.4 Å². The van der Waals surface area contributed by atoms with Crippen molar-refractivity contribution in [2.75, 3.05) is 4.90 Å². The van der Waals surface area contributed by atoms with Gasteiger partial charge in [0, 0.05) is 21.3 Å². The van der Waals surface area contributed by atoms with Crippen molar-refractivity contribution in [2.45, 2.75) is 19.9 Å². The van der Waals surface area contributed by atoms with E-state index in [-0.39, 0.29) is 6.03 Å². The second-order valence-electron chi connectivity index (χ2n) is 8.04. The number of carbonyl (C=O) groups excluding carboxylic acids is 1. The number of hydrogen-bond donors (Lipinski definition) is 1. The Morgan fingerprint density at radius 1 is 0.941 bits per heavy atom. The van der Waals surface area contributed by atoms with E-state index in [2.05, 4.69) is 15.5 Å². The van der Waals surface area contributed by atoms with E-state index in [4.69, 9.17) is 27.7 Å². The summed E-state index contributed by atoms with van der Waals surface area (Å²) in [6.45, 7) is 3.88. The monoisotopic (exact) mass is 490 g/mol. The molecule has 0 saturated carbocycles. The molecule has 1 unspecified atom stereocenters. The van der Waals surface area contributed by atoms with Gasteiger partial charge in [0.15, 0.2) is 0 Å². The molecule has 1 atom stereocenters. The van der Waals surface area contributed by atoms with E-state index >= 15 is 0 Å². The van der Waals surface area contributed by atoms with Crippen LogP contribution in [0.2, 0.25) is 10.0 Å². The molecule has 4 aromatic rings. The molecule has 2 amide bonds. The summed E-state index contributed by atoms with van der Waals surface area (Å²) in [5.41, 5.74) is 4.81. The van der Waals surface area contributed by atoms with Crippen molar-refractivity contribution in [3.05, 3.63) is 106 Å². The van der Waals surface area contributed by atoms with Crippen molar-refractivity contribution in [1.82, 2.24) is 15.5 Å². The number of halogens is 2. The minimum Gasteiger partial charge on any atom is -0.334 e. The maximum atomic E-state index is 13.3. The number of hydrogen-bond acceptors (Lipinski definition) is 4. The van der Waals surface area contributed by atoms with Gasteiger partial charge < -0.3 is 9.84 Å². The third-order valence-electron chi connectivity index (χ3n) is 5.72. The number of rotatable bonds is 4. The van der Waals surface area contributed by atoms with Crippen molar-refractivity contribution in [3.8, 4) is 11.4 Å². The summed E-state index contributed by atoms with van der Waals surface area (Å²) in [6, 6.07) is 21.5. The van der Waals surface area contributed by atoms with Crippen LogP contribution in [0, 0.1) is 6.92 Å². The van der Waals surface area contributed by atoms with Gasteiger partial charge in [0.25, 0.3) is 5.89 Å². The van der Waals surface area contributed by atoms with Crippen molar-refractivity contribution in [1.29, 1.82) is 0 Å². The van der Waals surface area contributed by atoms with E-state index in [9.17, 15) is 4.79 Å². The van der Waals surface area contributed by atoms with Gasteiger partial charge in [-0.15, -0.1) is 0 Å². The molecule has 34 heavy (non-hydrogen) atoms. The summed E-state index contributed by atoms with van der Waals surface area (Å²) >= 11 is 12.2. The van der Waals surface area contributed by atoms with Crippen LogP contribution in [0.5, 0.6) is 0 Å². The highest BCUT2D eigenvalue weighted by molar-refractivity contribution is 6.31. The Morgan fingerprint density at radius 3 is 2.38 bits per heavy atom. The van der Waals surface area contributed by atoms with Gasteiger partial charge in [0.05, 0.1) is 17.3 Å². The fraction of sp³-hybridized carbons (Fsp3) is 0.115. The molecule has 1 aliphatic rings. The first-order chi connectivity index (χ1) is 16.4. The average molecular weight is 491 g/mol. The zero-order valence-electron chi connectivity index (χ0n) is 18.4. The number of amides is 2. The van der Waals surface area contributed by atoms with Gasteiger partial charge in [0.2, 0.25) is 5.82 Å². The number of benzene rings is 3. The van der Waals surface area contributed by atoms with Crippen molar-refractivity contribution >= 4 is 40.5 Å². The molecule has 0 radical (unpaired) electrons. The molecule has 3 aromatic carbocycles. The van der Waals surface area contributed by atoms with Gasteiger partial charge in [-0.3, -0.25) is 4.90 Å². The first-order valence-electron chi connectivity index (χ1n) is 10.6. The zero-order valence-corrected chi connectivity index (χ0v) is 19.9. The van der Waals surface area contributed by atoms with Crippen LogP contribution in [0.1, 0.15) is 30.0 Å². The van der Waals surface area contributed by atoms with Crippen LogP contribution in [-0.4, -0.2) is 16.2 Å². The van der Waals surface area contributed by atoms with Crippen LogP contribution in [0.3, 0.4) is 0 Å². The maximum absolute atomic E-state index is 13.3. The molecule has 5 rings (SSSR count). The number of urea groups is 1. The summed E-state index contributed by atoms with van der Waals surface area (Å²) in [5, 5.41) is 8.45. The van der Waals surface area contributed by atoms with Gasteiger partial charge in [-0.05, 0) is 55.8 Å². The van der Waals surface area contributed by atoms with Crippen molar-refractivity contribution < 1.29 is 9.32 Å². The molecule has 0 fully saturated rings. The minimum absolute atomic E-state index is 0.250. The largest absolute Gasteiger partial charge is 0.334 e. The summed E-state index contributed by atoms with van der Waals surface area (Å²) in [6.07, 6.45) is 0. The summed E-state index contributed by atoms with van der Waals surface area (Å²) in [4.78, 5) is 19.5. The average Bonchev–Trinajstić information content (AvgIpc) is 3.30. The predicted molar refractivity (Wildman–Crippen MR) is 134 cm³/mol.